The fourth-order valence-corrected chi connectivity index (χ4v) is 2.15. The van der Waals surface area contributed by atoms with Crippen LogP contribution in [0.2, 0.25) is 0 Å². The lowest BCUT2D eigenvalue weighted by molar-refractivity contribution is 1.06. The van der Waals surface area contributed by atoms with Crippen LogP contribution in [-0.4, -0.2) is 9.97 Å². The second-order valence-corrected chi connectivity index (χ2v) is 4.50. The van der Waals surface area contributed by atoms with Crippen molar-refractivity contribution in [3.8, 4) is 0 Å². The number of rotatable bonds is 2. The van der Waals surface area contributed by atoms with Crippen LogP contribution < -0.4 is 0 Å². The zero-order chi connectivity index (χ0) is 12.4. The zero-order valence-corrected chi connectivity index (χ0v) is 10.3. The fraction of sp³-hybridized carbons (Fsp3) is 0.125. The van der Waals surface area contributed by atoms with Crippen molar-refractivity contribution in [3.63, 3.8) is 0 Å². The first-order valence-electron chi connectivity index (χ1n) is 6.07. The Morgan fingerprint density at radius 1 is 0.944 bits per heavy atom. The van der Waals surface area contributed by atoms with Crippen LogP contribution in [0.4, 0.5) is 0 Å². The first kappa shape index (κ1) is 10.9. The summed E-state index contributed by atoms with van der Waals surface area (Å²) in [6.45, 7) is 2.10. The molecule has 0 amide bonds. The summed E-state index contributed by atoms with van der Waals surface area (Å²) in [5.74, 6) is 0. The Labute approximate surface area is 106 Å². The second-order valence-electron chi connectivity index (χ2n) is 4.50. The molecule has 0 N–H and O–H groups in total. The third kappa shape index (κ3) is 2.09. The van der Waals surface area contributed by atoms with Gasteiger partial charge in [0.15, 0.2) is 0 Å². The lowest BCUT2D eigenvalue weighted by Crippen LogP contribution is -1.95. The molecule has 0 radical (unpaired) electrons. The molecule has 0 bridgehead atoms. The molecule has 0 aliphatic carbocycles. The van der Waals surface area contributed by atoms with E-state index in [-0.39, 0.29) is 0 Å². The van der Waals surface area contributed by atoms with Crippen molar-refractivity contribution < 1.29 is 0 Å². The number of aromatic nitrogens is 2. The van der Waals surface area contributed by atoms with Crippen LogP contribution in [-0.2, 0) is 6.42 Å². The number of hydrogen-bond acceptors (Lipinski definition) is 2. The van der Waals surface area contributed by atoms with Gasteiger partial charge < -0.3 is 0 Å². The first-order chi connectivity index (χ1) is 8.83. The van der Waals surface area contributed by atoms with E-state index >= 15 is 0 Å². The Morgan fingerprint density at radius 3 is 2.61 bits per heavy atom. The smallest absolute Gasteiger partial charge is 0.116 e. The quantitative estimate of drug-likeness (QED) is 0.678. The van der Waals surface area contributed by atoms with Crippen LogP contribution in [0.25, 0.3) is 10.9 Å². The van der Waals surface area contributed by atoms with Gasteiger partial charge >= 0.3 is 0 Å². The van der Waals surface area contributed by atoms with Gasteiger partial charge in [-0.05, 0) is 24.6 Å². The summed E-state index contributed by atoms with van der Waals surface area (Å²) in [5.41, 5.74) is 4.63. The number of hydrogen-bond donors (Lipinski definition) is 0. The minimum absolute atomic E-state index is 0.851. The van der Waals surface area contributed by atoms with E-state index < -0.39 is 0 Å². The number of fused-ring (bicyclic) bond motifs is 1. The predicted molar refractivity (Wildman–Crippen MR) is 73.5 cm³/mol. The SMILES string of the molecule is Cc1ccc2ncnc(Cc3ccccc3)c2c1. The molecule has 1 heterocycles. The minimum Gasteiger partial charge on any atom is -0.240 e. The molecule has 0 saturated carbocycles. The lowest BCUT2D eigenvalue weighted by Gasteiger charge is -2.06. The van der Waals surface area contributed by atoms with Gasteiger partial charge in [0, 0.05) is 11.8 Å². The van der Waals surface area contributed by atoms with Crippen molar-refractivity contribution >= 4 is 10.9 Å². The highest BCUT2D eigenvalue weighted by Crippen LogP contribution is 2.19. The molecule has 3 rings (SSSR count). The Hall–Kier alpha value is -2.22. The number of nitrogens with zero attached hydrogens (tertiary/aromatic N) is 2. The van der Waals surface area contributed by atoms with Gasteiger partial charge in [-0.1, -0.05) is 42.0 Å². The third-order valence-electron chi connectivity index (χ3n) is 3.09. The van der Waals surface area contributed by atoms with Crippen LogP contribution >= 0.6 is 0 Å². The molecule has 0 aliphatic heterocycles. The van der Waals surface area contributed by atoms with Crippen molar-refractivity contribution in [2.45, 2.75) is 13.3 Å². The average molecular weight is 234 g/mol. The van der Waals surface area contributed by atoms with Gasteiger partial charge in [-0.3, -0.25) is 0 Å². The Kier molecular flexibility index (Phi) is 2.77. The zero-order valence-electron chi connectivity index (χ0n) is 10.3. The Bertz CT molecular complexity index is 675. The molecule has 0 unspecified atom stereocenters. The number of aryl methyl sites for hydroxylation is 1. The van der Waals surface area contributed by atoms with Crippen LogP contribution in [0.15, 0.2) is 54.9 Å². The summed E-state index contributed by atoms with van der Waals surface area (Å²) in [5, 5.41) is 1.15. The van der Waals surface area contributed by atoms with Crippen LogP contribution in [0.3, 0.4) is 0 Å². The monoisotopic (exact) mass is 234 g/mol. The normalized spacial score (nSPS) is 10.7. The van der Waals surface area contributed by atoms with E-state index in [9.17, 15) is 0 Å². The topological polar surface area (TPSA) is 25.8 Å². The second kappa shape index (κ2) is 4.57. The molecule has 0 saturated heterocycles. The van der Waals surface area contributed by atoms with Gasteiger partial charge in [-0.2, -0.15) is 0 Å². The van der Waals surface area contributed by atoms with E-state index in [1.807, 2.05) is 6.07 Å². The third-order valence-corrected chi connectivity index (χ3v) is 3.09. The molecule has 0 spiro atoms. The van der Waals surface area contributed by atoms with E-state index in [1.165, 1.54) is 11.1 Å². The molecule has 1 aromatic heterocycles. The highest BCUT2D eigenvalue weighted by atomic mass is 14.8. The summed E-state index contributed by atoms with van der Waals surface area (Å²) in [7, 11) is 0. The van der Waals surface area contributed by atoms with Gasteiger partial charge in [0.25, 0.3) is 0 Å². The minimum atomic E-state index is 0.851. The first-order valence-corrected chi connectivity index (χ1v) is 6.07. The highest BCUT2D eigenvalue weighted by Gasteiger charge is 2.04. The molecule has 2 heteroatoms. The average Bonchev–Trinajstić information content (AvgIpc) is 2.41. The van der Waals surface area contributed by atoms with Gasteiger partial charge in [-0.15, -0.1) is 0 Å². The van der Waals surface area contributed by atoms with E-state index in [2.05, 4.69) is 59.4 Å². The van der Waals surface area contributed by atoms with Crippen LogP contribution in [0, 0.1) is 6.92 Å². The molecule has 88 valence electrons. The lowest BCUT2D eigenvalue weighted by atomic mass is 10.0. The highest BCUT2D eigenvalue weighted by molar-refractivity contribution is 5.81. The van der Waals surface area contributed by atoms with Gasteiger partial charge in [0.05, 0.1) is 11.2 Å². The van der Waals surface area contributed by atoms with Crippen molar-refractivity contribution in [3.05, 3.63) is 71.7 Å². The maximum atomic E-state index is 4.43. The van der Waals surface area contributed by atoms with E-state index in [0.29, 0.717) is 0 Å². The maximum Gasteiger partial charge on any atom is 0.116 e. The molecule has 2 aromatic carbocycles. The van der Waals surface area contributed by atoms with E-state index in [4.69, 9.17) is 0 Å². The largest absolute Gasteiger partial charge is 0.240 e. The summed E-state index contributed by atoms with van der Waals surface area (Å²) >= 11 is 0. The van der Waals surface area contributed by atoms with Crippen molar-refractivity contribution in [1.82, 2.24) is 9.97 Å². The fourth-order valence-electron chi connectivity index (χ4n) is 2.15. The predicted octanol–water partition coefficient (Wildman–Crippen LogP) is 3.53. The van der Waals surface area contributed by atoms with E-state index in [0.717, 1.165) is 23.0 Å². The molecule has 0 atom stereocenters. The molecular weight excluding hydrogens is 220 g/mol. The molecule has 0 fully saturated rings. The van der Waals surface area contributed by atoms with Gasteiger partial charge in [0.2, 0.25) is 0 Å². The van der Waals surface area contributed by atoms with Crippen LogP contribution in [0.1, 0.15) is 16.8 Å². The Balaban J connectivity index is 2.09. The summed E-state index contributed by atoms with van der Waals surface area (Å²) < 4.78 is 0. The standard InChI is InChI=1S/C16H14N2/c1-12-7-8-15-14(9-12)16(18-11-17-15)10-13-5-3-2-4-6-13/h2-9,11H,10H2,1H3. The van der Waals surface area contributed by atoms with Gasteiger partial charge in [-0.25, -0.2) is 9.97 Å². The van der Waals surface area contributed by atoms with Crippen molar-refractivity contribution in [1.29, 1.82) is 0 Å². The summed E-state index contributed by atoms with van der Waals surface area (Å²) in [6.07, 6.45) is 2.50. The van der Waals surface area contributed by atoms with Gasteiger partial charge in [0.1, 0.15) is 6.33 Å². The molecular formula is C16H14N2. The Morgan fingerprint density at radius 2 is 1.78 bits per heavy atom. The molecule has 3 aromatic rings. The summed E-state index contributed by atoms with van der Waals surface area (Å²) in [4.78, 5) is 8.75. The van der Waals surface area contributed by atoms with Crippen molar-refractivity contribution in [2.75, 3.05) is 0 Å². The molecule has 0 aliphatic rings. The van der Waals surface area contributed by atoms with Crippen molar-refractivity contribution in [2.24, 2.45) is 0 Å². The van der Waals surface area contributed by atoms with Crippen LogP contribution in [0.5, 0.6) is 0 Å². The number of benzene rings is 2. The summed E-state index contributed by atoms with van der Waals surface area (Å²) in [6, 6.07) is 16.7. The molecule has 18 heavy (non-hydrogen) atoms. The van der Waals surface area contributed by atoms with E-state index in [1.54, 1.807) is 6.33 Å². The molecule has 2 nitrogen and oxygen atoms in total. The maximum absolute atomic E-state index is 4.43.